The predicted molar refractivity (Wildman–Crippen MR) is 115 cm³/mol. The number of carbonyl (C=O) groups excluding carboxylic acids is 2. The number of aromatic nitrogens is 1. The van der Waals surface area contributed by atoms with Crippen molar-refractivity contribution in [3.8, 4) is 0 Å². The molecule has 1 aromatic heterocycles. The average molecular weight is 381 g/mol. The van der Waals surface area contributed by atoms with Crippen molar-refractivity contribution >= 4 is 33.8 Å². The summed E-state index contributed by atoms with van der Waals surface area (Å²) in [5, 5.41) is 7.99. The van der Waals surface area contributed by atoms with E-state index in [-0.39, 0.29) is 18.2 Å². The molecule has 0 unspecified atom stereocenters. The number of carbonyl (C=O) groups is 2. The summed E-state index contributed by atoms with van der Waals surface area (Å²) in [4.78, 5) is 28.8. The van der Waals surface area contributed by atoms with Crippen LogP contribution in [0.15, 0.2) is 91.3 Å². The first-order chi connectivity index (χ1) is 14.2. The van der Waals surface area contributed by atoms with E-state index in [9.17, 15) is 9.59 Å². The smallest absolute Gasteiger partial charge is 0.243 e. The minimum atomic E-state index is -0.150. The normalized spacial score (nSPS) is 10.5. The molecule has 0 aliphatic heterocycles. The lowest BCUT2D eigenvalue weighted by Gasteiger charge is -2.09. The number of ketones is 1. The van der Waals surface area contributed by atoms with E-state index < -0.39 is 0 Å². The number of pyridine rings is 1. The highest BCUT2D eigenvalue weighted by atomic mass is 16.2. The molecule has 3 aromatic carbocycles. The predicted octanol–water partition coefficient (Wildman–Crippen LogP) is 4.52. The maximum absolute atomic E-state index is 12.4. The number of fused-ring (bicyclic) bond motifs is 1. The molecule has 1 amide bonds. The SMILES string of the molecule is O=C(CNc1ccc(C(=O)c2ccccc2)cc1)Nc1ccc2cnccc2c1. The highest BCUT2D eigenvalue weighted by molar-refractivity contribution is 6.09. The largest absolute Gasteiger partial charge is 0.376 e. The Kier molecular flexibility index (Phi) is 5.29. The summed E-state index contributed by atoms with van der Waals surface area (Å²) >= 11 is 0. The summed E-state index contributed by atoms with van der Waals surface area (Å²) in [6, 6.07) is 23.9. The van der Waals surface area contributed by atoms with Gasteiger partial charge in [-0.15, -0.1) is 0 Å². The maximum Gasteiger partial charge on any atom is 0.243 e. The molecule has 142 valence electrons. The lowest BCUT2D eigenvalue weighted by atomic mass is 10.0. The van der Waals surface area contributed by atoms with E-state index in [4.69, 9.17) is 0 Å². The Morgan fingerprint density at radius 3 is 2.28 bits per heavy atom. The lowest BCUT2D eigenvalue weighted by molar-refractivity contribution is -0.114. The van der Waals surface area contributed by atoms with Gasteiger partial charge in [-0.1, -0.05) is 36.4 Å². The Morgan fingerprint density at radius 1 is 0.759 bits per heavy atom. The molecule has 5 nitrogen and oxygen atoms in total. The van der Waals surface area contributed by atoms with Crippen molar-refractivity contribution in [1.82, 2.24) is 4.98 Å². The first kappa shape index (κ1) is 18.4. The quantitative estimate of drug-likeness (QED) is 0.482. The molecule has 0 atom stereocenters. The van der Waals surface area contributed by atoms with Crippen LogP contribution in [0, 0.1) is 0 Å². The molecule has 4 aromatic rings. The van der Waals surface area contributed by atoms with Gasteiger partial charge in [-0.2, -0.15) is 0 Å². The Morgan fingerprint density at radius 2 is 1.48 bits per heavy atom. The molecule has 0 aliphatic carbocycles. The van der Waals surface area contributed by atoms with Crippen molar-refractivity contribution in [3.05, 3.63) is 102 Å². The Hall–Kier alpha value is -3.99. The summed E-state index contributed by atoms with van der Waals surface area (Å²) in [7, 11) is 0. The van der Waals surface area contributed by atoms with Crippen molar-refractivity contribution < 1.29 is 9.59 Å². The number of amides is 1. The number of hydrogen-bond donors (Lipinski definition) is 2. The number of anilines is 2. The van der Waals surface area contributed by atoms with Gasteiger partial charge in [0.2, 0.25) is 5.91 Å². The number of nitrogens with one attached hydrogen (secondary N) is 2. The highest BCUT2D eigenvalue weighted by Gasteiger charge is 2.08. The molecular formula is C24H19N3O2. The summed E-state index contributed by atoms with van der Waals surface area (Å²) < 4.78 is 0. The van der Waals surface area contributed by atoms with Crippen molar-refractivity contribution in [3.63, 3.8) is 0 Å². The highest BCUT2D eigenvalue weighted by Crippen LogP contribution is 2.18. The zero-order chi connectivity index (χ0) is 20.1. The molecule has 29 heavy (non-hydrogen) atoms. The van der Waals surface area contributed by atoms with Gasteiger partial charge >= 0.3 is 0 Å². The number of hydrogen-bond acceptors (Lipinski definition) is 4. The minimum Gasteiger partial charge on any atom is -0.376 e. The van der Waals surface area contributed by atoms with Crippen molar-refractivity contribution in [2.75, 3.05) is 17.2 Å². The molecule has 0 fully saturated rings. The first-order valence-corrected chi connectivity index (χ1v) is 9.26. The average Bonchev–Trinajstić information content (AvgIpc) is 2.78. The van der Waals surface area contributed by atoms with Gasteiger partial charge in [0.05, 0.1) is 6.54 Å². The van der Waals surface area contributed by atoms with Gasteiger partial charge in [-0.25, -0.2) is 0 Å². The van der Waals surface area contributed by atoms with E-state index >= 15 is 0 Å². The van der Waals surface area contributed by atoms with Crippen LogP contribution in [-0.4, -0.2) is 23.2 Å². The van der Waals surface area contributed by atoms with E-state index in [1.807, 2.05) is 42.5 Å². The molecule has 5 heteroatoms. The minimum absolute atomic E-state index is 0.0265. The molecule has 2 N–H and O–H groups in total. The Bertz CT molecular complexity index is 1160. The zero-order valence-corrected chi connectivity index (χ0v) is 15.6. The van der Waals surface area contributed by atoms with Gasteiger partial charge in [-0.05, 0) is 47.9 Å². The van der Waals surface area contributed by atoms with E-state index in [1.165, 1.54) is 0 Å². The second kappa shape index (κ2) is 8.35. The van der Waals surface area contributed by atoms with Crippen LogP contribution in [0.1, 0.15) is 15.9 Å². The van der Waals surface area contributed by atoms with Gasteiger partial charge in [-0.3, -0.25) is 14.6 Å². The number of nitrogens with zero attached hydrogens (tertiary/aromatic N) is 1. The van der Waals surface area contributed by atoms with Crippen molar-refractivity contribution in [2.24, 2.45) is 0 Å². The first-order valence-electron chi connectivity index (χ1n) is 9.26. The molecule has 0 saturated heterocycles. The van der Waals surface area contributed by atoms with Crippen molar-refractivity contribution in [2.45, 2.75) is 0 Å². The monoisotopic (exact) mass is 381 g/mol. The topological polar surface area (TPSA) is 71.1 Å². The van der Waals surface area contributed by atoms with E-state index in [0.29, 0.717) is 11.1 Å². The van der Waals surface area contributed by atoms with Crippen LogP contribution < -0.4 is 10.6 Å². The summed E-state index contributed by atoms with van der Waals surface area (Å²) in [5.74, 6) is -0.177. The van der Waals surface area contributed by atoms with Crippen LogP contribution in [0.2, 0.25) is 0 Å². The van der Waals surface area contributed by atoms with Gasteiger partial charge < -0.3 is 10.6 Å². The van der Waals surface area contributed by atoms with Crippen LogP contribution in [0.3, 0.4) is 0 Å². The summed E-state index contributed by atoms with van der Waals surface area (Å²) in [6.45, 7) is 0.125. The lowest BCUT2D eigenvalue weighted by Crippen LogP contribution is -2.21. The Labute approximate surface area is 168 Å². The third-order valence-corrected chi connectivity index (χ3v) is 4.56. The molecule has 4 rings (SSSR count). The molecule has 0 saturated carbocycles. The summed E-state index contributed by atoms with van der Waals surface area (Å²) in [5.41, 5.74) is 2.77. The Balaban J connectivity index is 1.34. The maximum atomic E-state index is 12.4. The van der Waals surface area contributed by atoms with Crippen LogP contribution in [0.25, 0.3) is 10.8 Å². The number of rotatable bonds is 6. The van der Waals surface area contributed by atoms with Gasteiger partial charge in [0, 0.05) is 40.3 Å². The molecule has 1 heterocycles. The molecule has 0 bridgehead atoms. The third kappa shape index (κ3) is 4.47. The second-order valence-corrected chi connectivity index (χ2v) is 6.61. The molecule has 0 spiro atoms. The fourth-order valence-corrected chi connectivity index (χ4v) is 3.04. The fraction of sp³-hybridized carbons (Fsp3) is 0.0417. The van der Waals surface area contributed by atoms with Gasteiger partial charge in [0.15, 0.2) is 5.78 Å². The number of benzene rings is 3. The van der Waals surface area contributed by atoms with Crippen LogP contribution >= 0.6 is 0 Å². The molecule has 0 aliphatic rings. The molecular weight excluding hydrogens is 362 g/mol. The van der Waals surface area contributed by atoms with E-state index in [2.05, 4.69) is 15.6 Å². The van der Waals surface area contributed by atoms with E-state index in [0.717, 1.165) is 22.1 Å². The van der Waals surface area contributed by atoms with Gasteiger partial charge in [0.1, 0.15) is 0 Å². The molecule has 0 radical (unpaired) electrons. The standard InChI is InChI=1S/C24H19N3O2/c28-23(27-22-11-8-20-15-25-13-12-19(20)14-22)16-26-21-9-6-18(7-10-21)24(29)17-4-2-1-3-5-17/h1-15,26H,16H2,(H,27,28). The van der Waals surface area contributed by atoms with Crippen molar-refractivity contribution in [1.29, 1.82) is 0 Å². The second-order valence-electron chi connectivity index (χ2n) is 6.61. The van der Waals surface area contributed by atoms with Crippen LogP contribution in [-0.2, 0) is 4.79 Å². The van der Waals surface area contributed by atoms with Gasteiger partial charge in [0.25, 0.3) is 0 Å². The zero-order valence-electron chi connectivity index (χ0n) is 15.6. The van der Waals surface area contributed by atoms with E-state index in [1.54, 1.807) is 48.8 Å². The van der Waals surface area contributed by atoms with Crippen LogP contribution in [0.4, 0.5) is 11.4 Å². The fourth-order valence-electron chi connectivity index (χ4n) is 3.04. The summed E-state index contributed by atoms with van der Waals surface area (Å²) in [6.07, 6.45) is 3.51. The third-order valence-electron chi connectivity index (χ3n) is 4.56. The van der Waals surface area contributed by atoms with Crippen LogP contribution in [0.5, 0.6) is 0 Å².